The lowest BCUT2D eigenvalue weighted by Crippen LogP contribution is -2.64. The Bertz CT molecular complexity index is 1330. The number of allylic oxidation sites excluding steroid dienone is 4. The van der Waals surface area contributed by atoms with Crippen LogP contribution in [0.2, 0.25) is 0 Å². The van der Waals surface area contributed by atoms with Gasteiger partial charge in [0.1, 0.15) is 18.2 Å². The van der Waals surface area contributed by atoms with Crippen LogP contribution < -0.4 is 0 Å². The molecule has 0 radical (unpaired) electrons. The second-order valence-corrected chi connectivity index (χ2v) is 15.7. The molecule has 3 aliphatic rings. The lowest BCUT2D eigenvalue weighted by molar-refractivity contribution is -0.302. The summed E-state index contributed by atoms with van der Waals surface area (Å²) < 4.78 is 24.1. The normalized spacial score (nSPS) is 38.3. The highest BCUT2D eigenvalue weighted by atomic mass is 16.7. The third-order valence-electron chi connectivity index (χ3n) is 11.4. The minimum absolute atomic E-state index is 0.0245. The van der Waals surface area contributed by atoms with Crippen LogP contribution in [0.1, 0.15) is 106 Å². The average molecular weight is 732 g/mol. The number of hydrogen-bond donors (Lipinski definition) is 2. The van der Waals surface area contributed by atoms with Crippen molar-refractivity contribution in [1.29, 1.82) is 0 Å². The van der Waals surface area contributed by atoms with Gasteiger partial charge in [-0.3, -0.25) is 14.4 Å². The zero-order valence-electron chi connectivity index (χ0n) is 33.0. The van der Waals surface area contributed by atoms with E-state index >= 15 is 0 Å². The SMILES string of the molecule is C=CC/C1=C\C(C)CC(C)CC(OC)C2OC(O)(C(=O)C(=O)N3CCCCC3C(=O)OC(C(C)=CC(C)CC)C(C)C(O)CC1=O)C(C)CC2OC. The van der Waals surface area contributed by atoms with Gasteiger partial charge in [-0.05, 0) is 80.8 Å². The molecular formula is C41H65NO10. The van der Waals surface area contributed by atoms with Crippen molar-refractivity contribution in [3.05, 3.63) is 36.0 Å². The molecule has 2 bridgehead atoms. The topological polar surface area (TPSA) is 149 Å². The van der Waals surface area contributed by atoms with Crippen LogP contribution in [0.25, 0.3) is 0 Å². The Labute approximate surface area is 311 Å². The number of piperidine rings is 1. The van der Waals surface area contributed by atoms with Crippen LogP contribution in [0, 0.1) is 29.6 Å². The van der Waals surface area contributed by atoms with Gasteiger partial charge in [0.25, 0.3) is 11.7 Å². The third-order valence-corrected chi connectivity index (χ3v) is 11.4. The van der Waals surface area contributed by atoms with Crippen molar-refractivity contribution in [2.45, 2.75) is 149 Å². The zero-order chi connectivity index (χ0) is 38.9. The molecule has 0 spiro atoms. The van der Waals surface area contributed by atoms with Crippen LogP contribution >= 0.6 is 0 Å². The number of Topliss-reactive ketones (excluding diaryl/α,β-unsaturated/α-hetero) is 2. The molecule has 0 aromatic heterocycles. The molecule has 1 amide bonds. The number of esters is 1. The summed E-state index contributed by atoms with van der Waals surface area (Å²) in [7, 11) is 3.07. The van der Waals surface area contributed by atoms with Crippen molar-refractivity contribution < 1.29 is 48.3 Å². The Morgan fingerprint density at radius 2 is 1.73 bits per heavy atom. The quantitative estimate of drug-likeness (QED) is 0.195. The van der Waals surface area contributed by atoms with Gasteiger partial charge in [-0.25, -0.2) is 4.79 Å². The molecule has 11 nitrogen and oxygen atoms in total. The molecule has 2 fully saturated rings. The Hall–Kier alpha value is -2.70. The average Bonchev–Trinajstić information content (AvgIpc) is 3.11. The van der Waals surface area contributed by atoms with E-state index in [2.05, 4.69) is 13.5 Å². The largest absolute Gasteiger partial charge is 0.456 e. The number of carbonyl (C=O) groups excluding carboxylic acids is 4. The fourth-order valence-electron chi connectivity index (χ4n) is 8.09. The van der Waals surface area contributed by atoms with Gasteiger partial charge < -0.3 is 34.1 Å². The van der Waals surface area contributed by atoms with Crippen molar-refractivity contribution in [2.75, 3.05) is 20.8 Å². The molecule has 52 heavy (non-hydrogen) atoms. The van der Waals surface area contributed by atoms with E-state index in [-0.39, 0.29) is 49.3 Å². The smallest absolute Gasteiger partial charge is 0.329 e. The molecule has 12 atom stereocenters. The summed E-state index contributed by atoms with van der Waals surface area (Å²) in [5.74, 6) is -6.85. The molecule has 0 aromatic carbocycles. The lowest BCUT2D eigenvalue weighted by Gasteiger charge is -2.47. The number of amides is 1. The number of methoxy groups -OCH3 is 2. The van der Waals surface area contributed by atoms with E-state index in [4.69, 9.17) is 18.9 Å². The molecule has 3 heterocycles. The number of nitrogens with zero attached hydrogens (tertiary/aromatic N) is 1. The number of cyclic esters (lactones) is 1. The number of carbonyl (C=O) groups is 4. The number of ether oxygens (including phenoxy) is 4. The van der Waals surface area contributed by atoms with Crippen LogP contribution in [0.3, 0.4) is 0 Å². The van der Waals surface area contributed by atoms with E-state index < -0.39 is 71.8 Å². The number of fused-ring (bicyclic) bond motifs is 3. The van der Waals surface area contributed by atoms with E-state index in [1.165, 1.54) is 19.1 Å². The van der Waals surface area contributed by atoms with Gasteiger partial charge in [-0.15, -0.1) is 6.58 Å². The zero-order valence-corrected chi connectivity index (χ0v) is 33.0. The van der Waals surface area contributed by atoms with E-state index in [1.54, 1.807) is 19.9 Å². The van der Waals surface area contributed by atoms with Crippen molar-refractivity contribution in [2.24, 2.45) is 29.6 Å². The Kier molecular flexibility index (Phi) is 16.5. The molecule has 294 valence electrons. The monoisotopic (exact) mass is 731 g/mol. The number of aliphatic hydroxyl groups is 2. The first-order valence-corrected chi connectivity index (χ1v) is 19.2. The summed E-state index contributed by atoms with van der Waals surface area (Å²) >= 11 is 0. The Morgan fingerprint density at radius 1 is 1.08 bits per heavy atom. The summed E-state index contributed by atoms with van der Waals surface area (Å²) in [6.07, 6.45) is 5.41. The molecule has 0 aromatic rings. The molecule has 0 aliphatic carbocycles. The Morgan fingerprint density at radius 3 is 2.35 bits per heavy atom. The molecule has 0 saturated carbocycles. The first-order chi connectivity index (χ1) is 24.5. The molecule has 2 saturated heterocycles. The molecule has 3 rings (SSSR count). The van der Waals surface area contributed by atoms with Gasteiger partial charge in [-0.2, -0.15) is 0 Å². The highest BCUT2D eigenvalue weighted by Gasteiger charge is 2.56. The maximum Gasteiger partial charge on any atom is 0.329 e. The van der Waals surface area contributed by atoms with Crippen LogP contribution in [0.5, 0.6) is 0 Å². The van der Waals surface area contributed by atoms with Crippen molar-refractivity contribution >= 4 is 23.4 Å². The maximum atomic E-state index is 14.1. The predicted octanol–water partition coefficient (Wildman–Crippen LogP) is 5.51. The van der Waals surface area contributed by atoms with Crippen molar-refractivity contribution in [1.82, 2.24) is 4.90 Å². The summed E-state index contributed by atoms with van der Waals surface area (Å²) in [4.78, 5) is 57.2. The predicted molar refractivity (Wildman–Crippen MR) is 198 cm³/mol. The first-order valence-electron chi connectivity index (χ1n) is 19.2. The van der Waals surface area contributed by atoms with E-state index in [0.717, 1.165) is 12.0 Å². The standard InChI is InChI=1S/C41H65NO10/c1-11-15-30-20-25(4)18-26(5)21-34(49-9)37-35(50-10)22-28(7)41(48,52-37)38(45)39(46)42-17-14-13-16-31(42)40(47)51-36(27(6)19-24(3)12-2)29(8)32(43)23-33(30)44/h11,19-20,24-26,28-29,31-32,34-37,43,48H,1,12-18,21-23H2,2-10H3/b27-19?,30-20+. The van der Waals surface area contributed by atoms with E-state index in [9.17, 15) is 29.4 Å². The molecule has 11 heteroatoms. The minimum atomic E-state index is -2.48. The van der Waals surface area contributed by atoms with Crippen LogP contribution in [0.15, 0.2) is 36.0 Å². The summed E-state index contributed by atoms with van der Waals surface area (Å²) in [5, 5.41) is 23.5. The summed E-state index contributed by atoms with van der Waals surface area (Å²) in [6.45, 7) is 17.4. The van der Waals surface area contributed by atoms with Gasteiger partial charge in [0.15, 0.2) is 5.78 Å². The van der Waals surface area contributed by atoms with Crippen LogP contribution in [0.4, 0.5) is 0 Å². The first kappa shape index (κ1) is 43.7. The van der Waals surface area contributed by atoms with Gasteiger partial charge in [0.2, 0.25) is 5.79 Å². The molecule has 2 N–H and O–H groups in total. The fourth-order valence-corrected chi connectivity index (χ4v) is 8.09. The number of ketones is 2. The van der Waals surface area contributed by atoms with Gasteiger partial charge in [0.05, 0.1) is 18.3 Å². The molecular weight excluding hydrogens is 666 g/mol. The fraction of sp³-hybridized carbons (Fsp3) is 0.756. The summed E-state index contributed by atoms with van der Waals surface area (Å²) in [6, 6.07) is -1.09. The van der Waals surface area contributed by atoms with Gasteiger partial charge in [0, 0.05) is 39.0 Å². The lowest BCUT2D eigenvalue weighted by atomic mass is 9.81. The highest BCUT2D eigenvalue weighted by molar-refractivity contribution is 6.39. The third kappa shape index (κ3) is 10.5. The van der Waals surface area contributed by atoms with Gasteiger partial charge in [-0.1, -0.05) is 66.2 Å². The summed E-state index contributed by atoms with van der Waals surface area (Å²) in [5.41, 5.74) is 1.28. The maximum absolute atomic E-state index is 14.1. The highest BCUT2D eigenvalue weighted by Crippen LogP contribution is 2.39. The number of rotatable bonds is 7. The van der Waals surface area contributed by atoms with Gasteiger partial charge >= 0.3 is 5.97 Å². The molecule has 3 aliphatic heterocycles. The second kappa shape index (κ2) is 19.6. The van der Waals surface area contributed by atoms with E-state index in [0.29, 0.717) is 37.7 Å². The number of hydrogen-bond acceptors (Lipinski definition) is 10. The molecule has 12 unspecified atom stereocenters. The van der Waals surface area contributed by atoms with Crippen LogP contribution in [-0.4, -0.2) is 102 Å². The van der Waals surface area contributed by atoms with Crippen molar-refractivity contribution in [3.8, 4) is 0 Å². The minimum Gasteiger partial charge on any atom is -0.456 e. The van der Waals surface area contributed by atoms with Crippen molar-refractivity contribution in [3.63, 3.8) is 0 Å². The van der Waals surface area contributed by atoms with E-state index in [1.807, 2.05) is 39.8 Å². The Balaban J connectivity index is 2.14. The second-order valence-electron chi connectivity index (χ2n) is 15.7. The number of aliphatic hydroxyl groups excluding tert-OH is 1. The van der Waals surface area contributed by atoms with Crippen LogP contribution in [-0.2, 0) is 38.1 Å².